The number of nitrogens with zero attached hydrogens (tertiary/aromatic N) is 2. The van der Waals surface area contributed by atoms with Gasteiger partial charge in [0.15, 0.2) is 0 Å². The molecule has 1 amide bonds. The summed E-state index contributed by atoms with van der Waals surface area (Å²) in [5.74, 6) is 1.18. The summed E-state index contributed by atoms with van der Waals surface area (Å²) in [7, 11) is 0. The largest absolute Gasteiger partial charge is 0.467 e. The minimum absolute atomic E-state index is 0.106. The van der Waals surface area contributed by atoms with Crippen molar-refractivity contribution in [3.63, 3.8) is 0 Å². The average Bonchev–Trinajstić information content (AvgIpc) is 3.69. The first kappa shape index (κ1) is 28.8. The van der Waals surface area contributed by atoms with Crippen molar-refractivity contribution >= 4 is 62.6 Å². The van der Waals surface area contributed by atoms with Crippen LogP contribution in [0, 0.1) is 11.3 Å². The lowest BCUT2D eigenvalue weighted by atomic mass is 9.72. The summed E-state index contributed by atoms with van der Waals surface area (Å²) < 4.78 is 7.62. The number of aromatic nitrogens is 1. The zero-order valence-electron chi connectivity index (χ0n) is 23.9. The van der Waals surface area contributed by atoms with Gasteiger partial charge in [-0.2, -0.15) is 0 Å². The number of benzene rings is 2. The number of hydrogen-bond acceptors (Lipinski definition) is 4. The van der Waals surface area contributed by atoms with Gasteiger partial charge < -0.3 is 14.3 Å². The van der Waals surface area contributed by atoms with Crippen molar-refractivity contribution in [2.75, 3.05) is 0 Å². The van der Waals surface area contributed by atoms with Crippen LogP contribution in [0.15, 0.2) is 76.5 Å². The quantitative estimate of drug-likeness (QED) is 0.185. The number of aliphatic imine (C=N–C) groups is 1. The first-order chi connectivity index (χ1) is 20.2. The molecule has 1 aliphatic carbocycles. The van der Waals surface area contributed by atoms with Crippen LogP contribution in [0.2, 0.25) is 10.0 Å². The minimum Gasteiger partial charge on any atom is -0.467 e. The SMILES string of the molecule is CC(C)(C)[C@H]1CCc2c(sc(N=Cc3cn(Cc4ccc(Cl)cc4Cl)c4ccccc34)c2C(=O)NCc2ccco2)C1. The molecule has 0 saturated carbocycles. The van der Waals surface area contributed by atoms with Crippen LogP contribution in [0.3, 0.4) is 0 Å². The zero-order chi connectivity index (χ0) is 29.4. The third-order valence-corrected chi connectivity index (χ3v) is 9.95. The molecule has 8 heteroatoms. The smallest absolute Gasteiger partial charge is 0.255 e. The first-order valence-corrected chi connectivity index (χ1v) is 15.8. The molecule has 3 heterocycles. The lowest BCUT2D eigenvalue weighted by Gasteiger charge is -2.33. The highest BCUT2D eigenvalue weighted by molar-refractivity contribution is 7.16. The third-order valence-electron chi connectivity index (χ3n) is 8.20. The molecule has 5 nitrogen and oxygen atoms in total. The highest BCUT2D eigenvalue weighted by atomic mass is 35.5. The summed E-state index contributed by atoms with van der Waals surface area (Å²) in [6.07, 6.45) is 8.53. The van der Waals surface area contributed by atoms with Gasteiger partial charge in [-0.1, -0.05) is 68.2 Å². The number of hydrogen-bond donors (Lipinski definition) is 1. The molecule has 0 radical (unpaired) electrons. The first-order valence-electron chi connectivity index (χ1n) is 14.2. The van der Waals surface area contributed by atoms with E-state index in [9.17, 15) is 4.79 Å². The van der Waals surface area contributed by atoms with Crippen LogP contribution in [0.1, 0.15) is 64.9 Å². The van der Waals surface area contributed by atoms with Crippen LogP contribution in [-0.2, 0) is 25.9 Å². The molecule has 0 bridgehead atoms. The molecule has 6 rings (SSSR count). The van der Waals surface area contributed by atoms with Crippen LogP contribution in [0.25, 0.3) is 10.9 Å². The summed E-state index contributed by atoms with van der Waals surface area (Å²) >= 11 is 14.3. The van der Waals surface area contributed by atoms with Crippen molar-refractivity contribution < 1.29 is 9.21 Å². The highest BCUT2D eigenvalue weighted by Gasteiger charge is 2.33. The van der Waals surface area contributed by atoms with Crippen molar-refractivity contribution in [3.05, 3.63) is 110 Å². The molecule has 0 saturated heterocycles. The Morgan fingerprint density at radius 1 is 1.17 bits per heavy atom. The number of nitrogens with one attached hydrogen (secondary N) is 1. The second kappa shape index (κ2) is 11.8. The molecule has 2 aromatic carbocycles. The van der Waals surface area contributed by atoms with Crippen LogP contribution >= 0.6 is 34.5 Å². The standard InChI is InChI=1S/C34H33Cl2N3O2S/c1-34(2,3)23-11-13-27-30(15-23)42-33(31(27)32(40)37-18-25-7-6-14-41-25)38-17-22-20-39(29-9-5-4-8-26(22)29)19-21-10-12-24(35)16-28(21)36/h4-10,12,14,16-17,20,23H,11,13,15,18-19H2,1-3H3,(H,37,40)/t23-/m0/s1. The molecule has 216 valence electrons. The highest BCUT2D eigenvalue weighted by Crippen LogP contribution is 2.45. The number of thiophene rings is 1. The molecule has 5 aromatic rings. The van der Waals surface area contributed by atoms with Crippen LogP contribution in [-0.4, -0.2) is 16.7 Å². The Bertz CT molecular complexity index is 1780. The summed E-state index contributed by atoms with van der Waals surface area (Å²) in [6.45, 7) is 7.86. The maximum absolute atomic E-state index is 13.6. The van der Waals surface area contributed by atoms with Crippen LogP contribution in [0.4, 0.5) is 5.00 Å². The van der Waals surface area contributed by atoms with E-state index in [1.54, 1.807) is 23.7 Å². The van der Waals surface area contributed by atoms with E-state index in [1.165, 1.54) is 4.88 Å². The second-order valence-electron chi connectivity index (χ2n) is 12.0. The van der Waals surface area contributed by atoms with Gasteiger partial charge in [-0.25, -0.2) is 4.99 Å². The number of amides is 1. The van der Waals surface area contributed by atoms with Gasteiger partial charge in [-0.05, 0) is 72.1 Å². The van der Waals surface area contributed by atoms with Crippen molar-refractivity contribution in [3.8, 4) is 0 Å². The van der Waals surface area contributed by atoms with Crippen molar-refractivity contribution in [2.45, 2.75) is 53.1 Å². The summed E-state index contributed by atoms with van der Waals surface area (Å²) in [4.78, 5) is 19.9. The lowest BCUT2D eigenvalue weighted by Crippen LogP contribution is -2.28. The van der Waals surface area contributed by atoms with Gasteiger partial charge in [-0.15, -0.1) is 11.3 Å². The Morgan fingerprint density at radius 2 is 2.00 bits per heavy atom. The molecular weight excluding hydrogens is 585 g/mol. The van der Waals surface area contributed by atoms with Crippen LogP contribution < -0.4 is 5.32 Å². The second-order valence-corrected chi connectivity index (χ2v) is 13.9. The summed E-state index contributed by atoms with van der Waals surface area (Å²) in [5, 5.41) is 6.16. The topological polar surface area (TPSA) is 59.5 Å². The number of para-hydroxylation sites is 1. The van der Waals surface area contributed by atoms with Crippen molar-refractivity contribution in [2.24, 2.45) is 16.3 Å². The molecular formula is C34H33Cl2N3O2S. The number of furan rings is 1. The maximum atomic E-state index is 13.6. The summed E-state index contributed by atoms with van der Waals surface area (Å²) in [6, 6.07) is 17.5. The minimum atomic E-state index is -0.106. The van der Waals surface area contributed by atoms with Crippen molar-refractivity contribution in [1.82, 2.24) is 9.88 Å². The predicted molar refractivity (Wildman–Crippen MR) is 174 cm³/mol. The van der Waals surface area contributed by atoms with Gasteiger partial charge in [0, 0.05) is 50.3 Å². The van der Waals surface area contributed by atoms with E-state index in [0.717, 1.165) is 57.6 Å². The predicted octanol–water partition coefficient (Wildman–Crippen LogP) is 9.48. The van der Waals surface area contributed by atoms with E-state index in [-0.39, 0.29) is 11.3 Å². The fourth-order valence-electron chi connectivity index (χ4n) is 5.78. The van der Waals surface area contributed by atoms with Gasteiger partial charge in [-0.3, -0.25) is 4.79 Å². The fourth-order valence-corrected chi connectivity index (χ4v) is 7.51. The molecule has 42 heavy (non-hydrogen) atoms. The third kappa shape index (κ3) is 5.94. The molecule has 0 fully saturated rings. The van der Waals surface area contributed by atoms with Gasteiger partial charge in [0.1, 0.15) is 10.8 Å². The molecule has 0 unspecified atom stereocenters. The number of fused-ring (bicyclic) bond motifs is 2. The van der Waals surface area contributed by atoms with E-state index in [2.05, 4.69) is 49.0 Å². The Balaban J connectivity index is 1.35. The average molecular weight is 619 g/mol. The fraction of sp³-hybridized carbons (Fsp3) is 0.294. The van der Waals surface area contributed by atoms with Gasteiger partial charge in [0.2, 0.25) is 0 Å². The van der Waals surface area contributed by atoms with E-state index < -0.39 is 0 Å². The van der Waals surface area contributed by atoms with E-state index in [0.29, 0.717) is 34.6 Å². The Hall–Kier alpha value is -3.32. The van der Waals surface area contributed by atoms with E-state index in [1.807, 2.05) is 42.6 Å². The number of rotatable bonds is 7. The molecule has 1 N–H and O–H groups in total. The molecule has 0 aliphatic heterocycles. The number of carbonyl (C=O) groups is 1. The van der Waals surface area contributed by atoms with E-state index >= 15 is 0 Å². The lowest BCUT2D eigenvalue weighted by molar-refractivity contribution is 0.0947. The van der Waals surface area contributed by atoms with E-state index in [4.69, 9.17) is 32.6 Å². The molecule has 1 aliphatic rings. The zero-order valence-corrected chi connectivity index (χ0v) is 26.2. The van der Waals surface area contributed by atoms with Gasteiger partial charge >= 0.3 is 0 Å². The van der Waals surface area contributed by atoms with Crippen molar-refractivity contribution in [1.29, 1.82) is 0 Å². The molecule has 0 spiro atoms. The number of halogens is 2. The Labute approximate surface area is 260 Å². The Kier molecular flexibility index (Phi) is 8.05. The Morgan fingerprint density at radius 3 is 2.76 bits per heavy atom. The number of carbonyl (C=O) groups excluding carboxylic acids is 1. The molecule has 3 aromatic heterocycles. The summed E-state index contributed by atoms with van der Waals surface area (Å²) in [5.41, 5.74) is 5.10. The molecule has 1 atom stereocenters. The maximum Gasteiger partial charge on any atom is 0.255 e. The normalized spacial score (nSPS) is 15.4. The van der Waals surface area contributed by atoms with Gasteiger partial charge in [0.25, 0.3) is 5.91 Å². The van der Waals surface area contributed by atoms with Crippen LogP contribution in [0.5, 0.6) is 0 Å². The van der Waals surface area contributed by atoms with Gasteiger partial charge in [0.05, 0.1) is 18.4 Å². The monoisotopic (exact) mass is 617 g/mol.